The molecular weight excluding hydrogens is 366 g/mol. The van der Waals surface area contributed by atoms with E-state index in [1.54, 1.807) is 10.6 Å². The maximum absolute atomic E-state index is 13.8. The Morgan fingerprint density at radius 3 is 2.86 bits per heavy atom. The minimum Gasteiger partial charge on any atom is -0.361 e. The number of anilines is 1. The Hall–Kier alpha value is -3.95. The van der Waals surface area contributed by atoms with Crippen molar-refractivity contribution in [2.75, 3.05) is 5.32 Å². The third kappa shape index (κ3) is 2.71. The van der Waals surface area contributed by atoms with Crippen LogP contribution in [-0.2, 0) is 6.54 Å². The summed E-state index contributed by atoms with van der Waals surface area (Å²) >= 11 is 0. The van der Waals surface area contributed by atoms with Crippen LogP contribution >= 0.6 is 0 Å². The summed E-state index contributed by atoms with van der Waals surface area (Å²) in [5.74, 6) is 0.182. The number of aromatic amines is 1. The molecule has 138 valence electrons. The van der Waals surface area contributed by atoms with Crippen LogP contribution in [0.15, 0.2) is 49.3 Å². The Kier molecular flexibility index (Phi) is 3.68. The van der Waals surface area contributed by atoms with Gasteiger partial charge in [-0.3, -0.25) is 9.55 Å². The number of hydrogen-bond acceptors (Lipinski definition) is 6. The molecule has 5 rings (SSSR count). The minimum absolute atomic E-state index is 0.248. The Labute approximate surface area is 156 Å². The Bertz CT molecular complexity index is 1310. The van der Waals surface area contributed by atoms with Crippen LogP contribution in [0.4, 0.5) is 14.6 Å². The van der Waals surface area contributed by atoms with Gasteiger partial charge in [-0.2, -0.15) is 0 Å². The molecule has 0 unspecified atom stereocenters. The van der Waals surface area contributed by atoms with Crippen LogP contribution in [0.2, 0.25) is 0 Å². The van der Waals surface area contributed by atoms with Gasteiger partial charge in [-0.25, -0.2) is 28.7 Å². The maximum atomic E-state index is 13.8. The van der Waals surface area contributed by atoms with Crippen molar-refractivity contribution < 1.29 is 8.78 Å². The predicted octanol–water partition coefficient (Wildman–Crippen LogP) is 2.98. The molecule has 0 aliphatic rings. The molecule has 0 amide bonds. The molecule has 0 bridgehead atoms. The summed E-state index contributed by atoms with van der Waals surface area (Å²) < 4.78 is 29.2. The van der Waals surface area contributed by atoms with Gasteiger partial charge < -0.3 is 10.3 Å². The van der Waals surface area contributed by atoms with Crippen LogP contribution < -0.4 is 5.32 Å². The molecule has 5 aromatic rings. The van der Waals surface area contributed by atoms with E-state index in [1.807, 2.05) is 0 Å². The summed E-state index contributed by atoms with van der Waals surface area (Å²) in [5, 5.41) is 3.18. The number of halogens is 2. The summed E-state index contributed by atoms with van der Waals surface area (Å²) in [4.78, 5) is 23.8. The average molecular weight is 378 g/mol. The fourth-order valence-electron chi connectivity index (χ4n) is 3.09. The third-order valence-corrected chi connectivity index (χ3v) is 4.27. The Morgan fingerprint density at radius 2 is 1.96 bits per heavy atom. The summed E-state index contributed by atoms with van der Waals surface area (Å²) in [6, 6.07) is 5.59. The quantitative estimate of drug-likeness (QED) is 0.499. The number of hydrogen-bond donors (Lipinski definition) is 2. The van der Waals surface area contributed by atoms with Gasteiger partial charge in [-0.1, -0.05) is 0 Å². The largest absolute Gasteiger partial charge is 0.361 e. The highest BCUT2D eigenvalue weighted by atomic mass is 19.1. The number of aromatic nitrogens is 7. The van der Waals surface area contributed by atoms with E-state index in [4.69, 9.17) is 0 Å². The van der Waals surface area contributed by atoms with Crippen molar-refractivity contribution in [2.45, 2.75) is 6.54 Å². The number of H-pyrrole nitrogens is 1. The van der Waals surface area contributed by atoms with Crippen LogP contribution in [0.1, 0.15) is 5.82 Å². The predicted molar refractivity (Wildman–Crippen MR) is 97.8 cm³/mol. The van der Waals surface area contributed by atoms with Crippen LogP contribution in [0, 0.1) is 11.6 Å². The van der Waals surface area contributed by atoms with E-state index in [0.29, 0.717) is 39.5 Å². The van der Waals surface area contributed by atoms with E-state index in [2.05, 4.69) is 35.2 Å². The van der Waals surface area contributed by atoms with Gasteiger partial charge in [0, 0.05) is 12.1 Å². The topological polar surface area (TPSA) is 97.2 Å². The molecule has 0 radical (unpaired) electrons. The van der Waals surface area contributed by atoms with E-state index in [-0.39, 0.29) is 6.54 Å². The second-order valence-corrected chi connectivity index (χ2v) is 6.03. The van der Waals surface area contributed by atoms with E-state index < -0.39 is 11.6 Å². The molecule has 1 aromatic carbocycles. The van der Waals surface area contributed by atoms with Gasteiger partial charge in [0.15, 0.2) is 11.5 Å². The van der Waals surface area contributed by atoms with Crippen molar-refractivity contribution in [2.24, 2.45) is 0 Å². The van der Waals surface area contributed by atoms with Crippen molar-refractivity contribution in [1.29, 1.82) is 0 Å². The second kappa shape index (κ2) is 6.34. The molecule has 2 N–H and O–H groups in total. The average Bonchev–Trinajstić information content (AvgIpc) is 3.30. The number of nitrogens with zero attached hydrogens (tertiary/aromatic N) is 6. The lowest BCUT2D eigenvalue weighted by Crippen LogP contribution is -2.09. The number of fused-ring (bicyclic) bond motifs is 2. The van der Waals surface area contributed by atoms with Crippen LogP contribution in [0.3, 0.4) is 0 Å². The molecule has 0 aliphatic heterocycles. The number of pyridine rings is 1. The lowest BCUT2D eigenvalue weighted by Gasteiger charge is -2.10. The molecule has 0 saturated carbocycles. The summed E-state index contributed by atoms with van der Waals surface area (Å²) in [6.45, 7) is 0.248. The summed E-state index contributed by atoms with van der Waals surface area (Å²) in [7, 11) is 0. The van der Waals surface area contributed by atoms with Gasteiger partial charge in [-0.05, 0) is 12.1 Å². The van der Waals surface area contributed by atoms with Crippen molar-refractivity contribution in [3.05, 3.63) is 66.8 Å². The van der Waals surface area contributed by atoms with Crippen molar-refractivity contribution in [3.63, 3.8) is 0 Å². The zero-order valence-electron chi connectivity index (χ0n) is 14.3. The van der Waals surface area contributed by atoms with E-state index in [1.165, 1.54) is 37.1 Å². The molecule has 8 nitrogen and oxygen atoms in total. The van der Waals surface area contributed by atoms with E-state index in [9.17, 15) is 8.78 Å². The zero-order valence-corrected chi connectivity index (χ0v) is 14.3. The Balaban J connectivity index is 1.60. The highest BCUT2D eigenvalue weighted by molar-refractivity contribution is 5.82. The zero-order chi connectivity index (χ0) is 19.1. The SMILES string of the molecule is Fc1cncc(-n2c(CNc3ncnc4nc[nH]c34)nc3ccc(F)cc32)c1. The summed E-state index contributed by atoms with van der Waals surface area (Å²) in [5.41, 5.74) is 2.72. The van der Waals surface area contributed by atoms with Crippen LogP contribution in [-0.4, -0.2) is 34.5 Å². The van der Waals surface area contributed by atoms with Gasteiger partial charge in [0.05, 0.1) is 42.0 Å². The minimum atomic E-state index is -0.496. The maximum Gasteiger partial charge on any atom is 0.182 e. The molecule has 28 heavy (non-hydrogen) atoms. The highest BCUT2D eigenvalue weighted by Gasteiger charge is 2.15. The highest BCUT2D eigenvalue weighted by Crippen LogP contribution is 2.24. The van der Waals surface area contributed by atoms with Gasteiger partial charge in [-0.15, -0.1) is 0 Å². The first-order valence-electron chi connectivity index (χ1n) is 8.35. The molecule has 0 saturated heterocycles. The van der Waals surface area contributed by atoms with Crippen molar-refractivity contribution in [1.82, 2.24) is 34.5 Å². The second-order valence-electron chi connectivity index (χ2n) is 6.03. The molecule has 4 heterocycles. The van der Waals surface area contributed by atoms with Crippen molar-refractivity contribution >= 4 is 28.0 Å². The first-order valence-corrected chi connectivity index (χ1v) is 8.35. The standard InChI is InChI=1S/C18H12F2N8/c19-10-1-2-13-14(4-10)28(12-3-11(20)5-21-6-12)15(27-13)7-22-17-16-18(24-8-23-16)26-9-25-17/h1-6,8-9H,7H2,(H2,22,23,24,25,26). The third-order valence-electron chi connectivity index (χ3n) is 4.27. The lowest BCUT2D eigenvalue weighted by molar-refractivity contribution is 0.619. The van der Waals surface area contributed by atoms with E-state index >= 15 is 0 Å². The molecule has 0 atom stereocenters. The van der Waals surface area contributed by atoms with Crippen LogP contribution in [0.5, 0.6) is 0 Å². The molecule has 0 fully saturated rings. The Morgan fingerprint density at radius 1 is 1.04 bits per heavy atom. The first kappa shape index (κ1) is 16.2. The van der Waals surface area contributed by atoms with Crippen LogP contribution in [0.25, 0.3) is 27.9 Å². The van der Waals surface area contributed by atoms with Gasteiger partial charge in [0.1, 0.15) is 29.3 Å². The molecule has 0 spiro atoms. The van der Waals surface area contributed by atoms with Gasteiger partial charge >= 0.3 is 0 Å². The van der Waals surface area contributed by atoms with Crippen molar-refractivity contribution in [3.8, 4) is 5.69 Å². The monoisotopic (exact) mass is 378 g/mol. The van der Waals surface area contributed by atoms with Gasteiger partial charge in [0.2, 0.25) is 0 Å². The molecular formula is C18H12F2N8. The lowest BCUT2D eigenvalue weighted by atomic mass is 10.3. The number of nitrogens with one attached hydrogen (secondary N) is 2. The molecule has 4 aromatic heterocycles. The smallest absolute Gasteiger partial charge is 0.182 e. The number of imidazole rings is 2. The first-order chi connectivity index (χ1) is 13.7. The number of rotatable bonds is 4. The number of benzene rings is 1. The normalized spacial score (nSPS) is 11.4. The molecule has 0 aliphatic carbocycles. The van der Waals surface area contributed by atoms with E-state index in [0.717, 1.165) is 6.20 Å². The summed E-state index contributed by atoms with van der Waals surface area (Å²) in [6.07, 6.45) is 5.54. The fraction of sp³-hybridized carbons (Fsp3) is 0.0556. The van der Waals surface area contributed by atoms with Gasteiger partial charge in [0.25, 0.3) is 0 Å². The fourth-order valence-corrected chi connectivity index (χ4v) is 3.09. The molecule has 10 heteroatoms.